The highest BCUT2D eigenvalue weighted by Crippen LogP contribution is 2.72. The number of nitrogens with zero attached hydrogens (tertiary/aromatic N) is 7. The molecule has 2 bridgehead atoms. The first-order valence-electron chi connectivity index (χ1n) is 14.4. The number of hydrogen-bond acceptors (Lipinski definition) is 16. The maximum atomic E-state index is 13.9. The first-order chi connectivity index (χ1) is 22.3. The number of imidazole rings is 2. The van der Waals surface area contributed by atoms with Crippen molar-refractivity contribution >= 4 is 65.7 Å². The second-order valence-corrected chi connectivity index (χ2v) is 17.8. The van der Waals surface area contributed by atoms with E-state index >= 15 is 0 Å². The summed E-state index contributed by atoms with van der Waals surface area (Å²) in [5.41, 5.74) is 5.43. The molecular weight excluding hydrogens is 700 g/mol. The second kappa shape index (κ2) is 11.1. The van der Waals surface area contributed by atoms with Gasteiger partial charge in [-0.05, 0) is 31.1 Å². The minimum Gasteiger partial charge on any atom is -0.396 e. The van der Waals surface area contributed by atoms with Crippen LogP contribution in [0.3, 0.4) is 0 Å². The van der Waals surface area contributed by atoms with Crippen molar-refractivity contribution in [2.75, 3.05) is 25.6 Å². The summed E-state index contributed by atoms with van der Waals surface area (Å²) >= 11 is 9.68. The summed E-state index contributed by atoms with van der Waals surface area (Å²) in [4.78, 5) is 47.5. The van der Waals surface area contributed by atoms with Crippen molar-refractivity contribution in [2.24, 2.45) is 17.3 Å². The number of H-pyrrole nitrogens is 1. The monoisotopic (exact) mass is 729 g/mol. The number of aromatic nitrogens is 8. The normalized spacial score (nSPS) is 40.4. The molecule has 0 amide bonds. The summed E-state index contributed by atoms with van der Waals surface area (Å²) in [6, 6.07) is -0.665. The highest BCUT2D eigenvalue weighted by Gasteiger charge is 2.74. The third kappa shape index (κ3) is 5.11. The van der Waals surface area contributed by atoms with Gasteiger partial charge in [0.15, 0.2) is 28.9 Å². The Hall–Kier alpha value is -2.39. The van der Waals surface area contributed by atoms with Gasteiger partial charge in [0.25, 0.3) is 5.56 Å². The van der Waals surface area contributed by atoms with Gasteiger partial charge in [-0.15, -0.1) is 0 Å². The van der Waals surface area contributed by atoms with Crippen LogP contribution in [-0.2, 0) is 39.2 Å². The number of nitrogen functional groups attached to an aromatic ring is 1. The van der Waals surface area contributed by atoms with Gasteiger partial charge in [0.1, 0.15) is 36.0 Å². The fourth-order valence-electron chi connectivity index (χ4n) is 7.23. The highest BCUT2D eigenvalue weighted by atomic mass is 32.7. The largest absolute Gasteiger partial charge is 0.396 e. The van der Waals surface area contributed by atoms with E-state index in [1.807, 2.05) is 0 Å². The molecule has 3 unspecified atom stereocenters. The average molecular weight is 730 g/mol. The van der Waals surface area contributed by atoms with Crippen LogP contribution < -0.4 is 11.3 Å². The Morgan fingerprint density at radius 3 is 2.72 bits per heavy atom. The molecule has 0 aromatic carbocycles. The minimum absolute atomic E-state index is 0.0243. The lowest BCUT2D eigenvalue weighted by molar-refractivity contribution is -0.0567. The van der Waals surface area contributed by atoms with Gasteiger partial charge in [-0.25, -0.2) is 29.5 Å². The smallest absolute Gasteiger partial charge is 0.386 e. The van der Waals surface area contributed by atoms with Gasteiger partial charge in [0, 0.05) is 11.3 Å². The van der Waals surface area contributed by atoms with Crippen LogP contribution >= 0.6 is 25.8 Å². The van der Waals surface area contributed by atoms with Crippen molar-refractivity contribution in [3.05, 3.63) is 35.2 Å². The van der Waals surface area contributed by atoms with Crippen LogP contribution in [0.5, 0.6) is 0 Å². The molecule has 8 rings (SSSR count). The SMILES string of the molecule is Cc1nc2c(ncn2[C@@H]2O[C@@H]3COP(O)(=S)O[C@H]4[C@@H](O)[C@H](n5cnc6c(N)ncnc65)[C@H]5CC54COP(=O)(S)O[C@@H]2[C@@H]3CO)c(=O)[nH]1. The van der Waals surface area contributed by atoms with Crippen LogP contribution in [0.2, 0.25) is 0 Å². The maximum Gasteiger partial charge on any atom is 0.386 e. The number of nitrogens with one attached hydrogen (secondary N) is 1. The zero-order valence-corrected chi connectivity index (χ0v) is 27.8. The van der Waals surface area contributed by atoms with Crippen LogP contribution in [0.25, 0.3) is 22.3 Å². The lowest BCUT2D eigenvalue weighted by atomic mass is 9.99. The van der Waals surface area contributed by atoms with Crippen molar-refractivity contribution in [1.82, 2.24) is 39.0 Å². The Kier molecular flexibility index (Phi) is 7.50. The van der Waals surface area contributed by atoms with Crippen molar-refractivity contribution in [2.45, 2.75) is 50.0 Å². The predicted octanol–water partition coefficient (Wildman–Crippen LogP) is 0.350. The van der Waals surface area contributed by atoms with Gasteiger partial charge in [-0.2, -0.15) is 0 Å². The van der Waals surface area contributed by atoms with E-state index in [9.17, 15) is 24.5 Å². The molecule has 252 valence electrons. The molecule has 19 nitrogen and oxygen atoms in total. The Morgan fingerprint density at radius 2 is 1.94 bits per heavy atom. The number of rotatable bonds is 3. The Balaban J connectivity index is 1.15. The van der Waals surface area contributed by atoms with Crippen LogP contribution in [0.4, 0.5) is 5.82 Å². The van der Waals surface area contributed by atoms with Gasteiger partial charge in [-0.1, -0.05) is 12.2 Å². The van der Waals surface area contributed by atoms with E-state index in [1.54, 1.807) is 11.5 Å². The lowest BCUT2D eigenvalue weighted by Gasteiger charge is -2.31. The number of aliphatic hydroxyl groups excluding tert-OH is 2. The van der Waals surface area contributed by atoms with E-state index < -0.39 is 73.7 Å². The quantitative estimate of drug-likeness (QED) is 0.123. The third-order valence-electron chi connectivity index (χ3n) is 9.46. The number of hydrogen-bond donors (Lipinski definition) is 6. The number of aryl methyl sites for hydroxylation is 1. The minimum atomic E-state index is -4.24. The molecule has 1 spiro atoms. The molecule has 4 aromatic heterocycles. The van der Waals surface area contributed by atoms with Crippen LogP contribution in [0.15, 0.2) is 23.8 Å². The first-order valence-corrected chi connectivity index (χ1v) is 19.7. The van der Waals surface area contributed by atoms with Gasteiger partial charge in [-0.3, -0.25) is 13.9 Å². The number of thiol groups is 1. The number of nitrogens with two attached hydrogens (primary N) is 1. The summed E-state index contributed by atoms with van der Waals surface area (Å²) in [6.07, 6.45) is -1.18. The zero-order valence-electron chi connectivity index (χ0n) is 24.3. The Labute approximate surface area is 274 Å². The fourth-order valence-corrected chi connectivity index (χ4v) is 10.2. The molecule has 11 atom stereocenters. The lowest BCUT2D eigenvalue weighted by Crippen LogP contribution is -2.38. The molecule has 23 heteroatoms. The number of aliphatic hydroxyl groups is 2. The molecule has 6 heterocycles. The third-order valence-corrected chi connectivity index (χ3v) is 12.6. The Morgan fingerprint density at radius 1 is 1.17 bits per heavy atom. The summed E-state index contributed by atoms with van der Waals surface area (Å²) in [7, 11) is 0. The molecule has 0 radical (unpaired) electrons. The molecule has 4 aromatic rings. The van der Waals surface area contributed by atoms with E-state index in [-0.39, 0.29) is 36.1 Å². The summed E-state index contributed by atoms with van der Waals surface area (Å²) in [5.74, 6) is -0.747. The van der Waals surface area contributed by atoms with Crippen molar-refractivity contribution in [3.63, 3.8) is 0 Å². The van der Waals surface area contributed by atoms with Crippen molar-refractivity contribution in [1.29, 1.82) is 0 Å². The summed E-state index contributed by atoms with van der Waals surface area (Å²) in [6.45, 7) is -7.91. The molecule has 2 saturated carbocycles. The standard InChI is InChI=1S/C24H29N9O10P2S2/c1-9-30-21-14(22(36)31-9)29-8-33(21)23-17-10(3-34)12(41-23)4-39-44(37,46)43-18-16(35)15(11-2-24(11,18)5-40-45(38,47)42-17)32-7-28-13-19(25)26-6-27-20(13)32/h6-8,10-12,15-18,23,34-35H,2-5H2,1H3,(H,37,46)(H,38,47)(H2,25,26,27)(H,30,31,36)/t10-,11-,12-,15-,16+,17-,18+,23-,24?,44?,45?/m1/s1. The van der Waals surface area contributed by atoms with Crippen molar-refractivity contribution < 1.29 is 42.5 Å². The van der Waals surface area contributed by atoms with Gasteiger partial charge >= 0.3 is 13.5 Å². The zero-order chi connectivity index (χ0) is 33.0. The molecule has 2 aliphatic heterocycles. The van der Waals surface area contributed by atoms with E-state index in [4.69, 9.17) is 40.4 Å². The Bertz CT molecular complexity index is 2060. The number of fused-ring (bicyclic) bond motifs is 4. The van der Waals surface area contributed by atoms with E-state index in [0.29, 0.717) is 23.4 Å². The maximum absolute atomic E-state index is 13.9. The topological polar surface area (TPSA) is 257 Å². The number of ether oxygens (including phenoxy) is 1. The number of aromatic amines is 1. The van der Waals surface area contributed by atoms with Gasteiger partial charge in [0.05, 0.1) is 44.6 Å². The number of anilines is 1. The summed E-state index contributed by atoms with van der Waals surface area (Å²) in [5, 5.41) is 22.1. The molecule has 47 heavy (non-hydrogen) atoms. The van der Waals surface area contributed by atoms with E-state index in [2.05, 4.69) is 42.2 Å². The van der Waals surface area contributed by atoms with Crippen molar-refractivity contribution in [3.8, 4) is 0 Å². The fraction of sp³-hybridized carbons (Fsp3) is 0.583. The second-order valence-electron chi connectivity index (χ2n) is 12.1. The molecule has 6 N–H and O–H groups in total. The molecular formula is C24H29N9O10P2S2. The van der Waals surface area contributed by atoms with Gasteiger partial charge in [0.2, 0.25) is 0 Å². The van der Waals surface area contributed by atoms with Crippen LogP contribution in [0, 0.1) is 24.2 Å². The predicted molar refractivity (Wildman–Crippen MR) is 167 cm³/mol. The molecule has 2 saturated heterocycles. The van der Waals surface area contributed by atoms with E-state index in [0.717, 1.165) is 0 Å². The van der Waals surface area contributed by atoms with Crippen LogP contribution in [0.1, 0.15) is 24.5 Å². The highest BCUT2D eigenvalue weighted by molar-refractivity contribution is 8.44. The summed E-state index contributed by atoms with van der Waals surface area (Å²) < 4.78 is 46.9. The average Bonchev–Trinajstić information content (AvgIpc) is 3.30. The molecule has 4 fully saturated rings. The molecule has 2 aliphatic carbocycles. The van der Waals surface area contributed by atoms with Gasteiger partial charge < -0.3 is 48.7 Å². The van der Waals surface area contributed by atoms with E-state index in [1.165, 1.54) is 23.5 Å². The molecule has 4 aliphatic rings. The van der Waals surface area contributed by atoms with Crippen LogP contribution in [-0.4, -0.2) is 98.4 Å². The first kappa shape index (κ1) is 31.9.